The van der Waals surface area contributed by atoms with Crippen molar-refractivity contribution in [2.24, 2.45) is 0 Å². The second-order valence-corrected chi connectivity index (χ2v) is 6.73. The van der Waals surface area contributed by atoms with Crippen molar-refractivity contribution in [2.75, 3.05) is 26.2 Å². The minimum Gasteiger partial charge on any atom is -0.507 e. The number of nitrogens with zero attached hydrogens (tertiary/aromatic N) is 2. The zero-order valence-electron chi connectivity index (χ0n) is 16.4. The molecule has 7 nitrogen and oxygen atoms in total. The molecule has 2 N–H and O–H groups in total. The SMILES string of the molecule is Cc1ccc([N+](=O)[O-])c([C@@H](c2ccc(OC(F)(F)F)cc2)N2CCNCC2)c1O.Cl.Cl. The van der Waals surface area contributed by atoms with Crippen LogP contribution < -0.4 is 10.1 Å². The molecule has 172 valence electrons. The lowest BCUT2D eigenvalue weighted by atomic mass is 9.92. The normalized spacial score (nSPS) is 15.4. The van der Waals surface area contributed by atoms with Gasteiger partial charge in [0, 0.05) is 32.2 Å². The lowest BCUT2D eigenvalue weighted by Gasteiger charge is -2.35. The molecule has 0 radical (unpaired) electrons. The summed E-state index contributed by atoms with van der Waals surface area (Å²) in [5.74, 6) is -0.582. The Morgan fingerprint density at radius 1 is 1.13 bits per heavy atom. The fourth-order valence-corrected chi connectivity index (χ4v) is 3.49. The van der Waals surface area contributed by atoms with E-state index >= 15 is 0 Å². The van der Waals surface area contributed by atoms with Gasteiger partial charge in [0.25, 0.3) is 5.69 Å². The highest BCUT2D eigenvalue weighted by molar-refractivity contribution is 5.85. The lowest BCUT2D eigenvalue weighted by molar-refractivity contribution is -0.386. The second-order valence-electron chi connectivity index (χ2n) is 6.73. The van der Waals surface area contributed by atoms with E-state index in [4.69, 9.17) is 0 Å². The molecule has 1 aliphatic heterocycles. The maximum absolute atomic E-state index is 12.4. The number of alkyl halides is 3. The molecule has 0 amide bonds. The van der Waals surface area contributed by atoms with Crippen LogP contribution in [0.25, 0.3) is 0 Å². The molecule has 1 heterocycles. The Bertz CT molecular complexity index is 892. The summed E-state index contributed by atoms with van der Waals surface area (Å²) in [4.78, 5) is 13.0. The average molecular weight is 484 g/mol. The monoisotopic (exact) mass is 483 g/mol. The van der Waals surface area contributed by atoms with Gasteiger partial charge in [0.05, 0.1) is 16.5 Å². The maximum atomic E-state index is 12.4. The molecule has 0 saturated carbocycles. The van der Waals surface area contributed by atoms with E-state index in [1.165, 1.54) is 24.3 Å². The number of phenolic OH excluding ortho intramolecular Hbond substituents is 1. The Morgan fingerprint density at radius 2 is 1.71 bits per heavy atom. The van der Waals surface area contributed by atoms with Crippen LogP contribution in [-0.2, 0) is 0 Å². The fourth-order valence-electron chi connectivity index (χ4n) is 3.49. The van der Waals surface area contributed by atoms with Crippen molar-refractivity contribution >= 4 is 30.5 Å². The number of hydrogen-bond donors (Lipinski definition) is 2. The molecule has 3 rings (SSSR count). The van der Waals surface area contributed by atoms with E-state index < -0.39 is 17.3 Å². The molecule has 1 saturated heterocycles. The van der Waals surface area contributed by atoms with Gasteiger partial charge in [-0.1, -0.05) is 12.1 Å². The highest BCUT2D eigenvalue weighted by atomic mass is 35.5. The van der Waals surface area contributed by atoms with Crippen molar-refractivity contribution in [3.8, 4) is 11.5 Å². The fraction of sp³-hybridized carbons (Fsp3) is 0.368. The number of aryl methyl sites for hydroxylation is 1. The van der Waals surface area contributed by atoms with Gasteiger partial charge >= 0.3 is 6.36 Å². The standard InChI is InChI=1S/C19H20F3N3O4.2ClH/c1-12-2-7-15(25(27)28)16(18(12)26)17(24-10-8-23-9-11-24)13-3-5-14(6-4-13)29-19(20,21)22;;/h2-7,17,23,26H,8-11H2,1H3;2*1H/t17-;;/m1../s1. The van der Waals surface area contributed by atoms with Crippen molar-refractivity contribution in [3.63, 3.8) is 0 Å². The quantitative estimate of drug-likeness (QED) is 0.485. The summed E-state index contributed by atoms with van der Waals surface area (Å²) in [6, 6.07) is 7.29. The Morgan fingerprint density at radius 3 is 2.23 bits per heavy atom. The van der Waals surface area contributed by atoms with Crippen LogP contribution in [0.1, 0.15) is 22.7 Å². The second kappa shape index (κ2) is 10.9. The molecule has 31 heavy (non-hydrogen) atoms. The molecule has 0 spiro atoms. The van der Waals surface area contributed by atoms with Crippen molar-refractivity contribution in [2.45, 2.75) is 19.3 Å². The Labute approximate surface area is 189 Å². The highest BCUT2D eigenvalue weighted by Crippen LogP contribution is 2.42. The van der Waals surface area contributed by atoms with Gasteiger partial charge in [0.2, 0.25) is 0 Å². The van der Waals surface area contributed by atoms with Gasteiger partial charge in [-0.2, -0.15) is 0 Å². The van der Waals surface area contributed by atoms with Crippen LogP contribution >= 0.6 is 24.8 Å². The molecule has 0 aliphatic carbocycles. The number of benzene rings is 2. The van der Waals surface area contributed by atoms with Crippen LogP contribution in [0, 0.1) is 17.0 Å². The van der Waals surface area contributed by atoms with Gasteiger partial charge in [-0.15, -0.1) is 38.0 Å². The molecule has 0 aromatic heterocycles. The molecular formula is C19H22Cl2F3N3O4. The number of nitro groups is 1. The molecular weight excluding hydrogens is 462 g/mol. The van der Waals surface area contributed by atoms with E-state index in [0.717, 1.165) is 12.1 Å². The van der Waals surface area contributed by atoms with E-state index in [1.807, 2.05) is 4.90 Å². The van der Waals surface area contributed by atoms with Crippen LogP contribution in [0.4, 0.5) is 18.9 Å². The number of hydrogen-bond acceptors (Lipinski definition) is 6. The smallest absolute Gasteiger partial charge is 0.507 e. The van der Waals surface area contributed by atoms with E-state index in [0.29, 0.717) is 37.3 Å². The summed E-state index contributed by atoms with van der Waals surface area (Å²) in [5, 5.41) is 25.5. The zero-order chi connectivity index (χ0) is 21.2. The van der Waals surface area contributed by atoms with E-state index in [1.54, 1.807) is 6.92 Å². The van der Waals surface area contributed by atoms with Gasteiger partial charge in [0.15, 0.2) is 0 Å². The summed E-state index contributed by atoms with van der Waals surface area (Å²) >= 11 is 0. The molecule has 0 unspecified atom stereocenters. The number of piperazine rings is 1. The van der Waals surface area contributed by atoms with Crippen molar-refractivity contribution in [1.29, 1.82) is 0 Å². The summed E-state index contributed by atoms with van der Waals surface area (Å²) in [6.45, 7) is 4.03. The molecule has 2 aromatic carbocycles. The predicted octanol–water partition coefficient (Wildman–Crippen LogP) is 4.35. The Kier molecular flexibility index (Phi) is 9.37. The average Bonchev–Trinajstić information content (AvgIpc) is 2.66. The number of aromatic hydroxyl groups is 1. The third-order valence-electron chi connectivity index (χ3n) is 4.81. The number of phenols is 1. The Hall–Kier alpha value is -2.27. The zero-order valence-corrected chi connectivity index (χ0v) is 18.0. The third-order valence-corrected chi connectivity index (χ3v) is 4.81. The molecule has 0 bridgehead atoms. The topological polar surface area (TPSA) is 87.9 Å². The molecule has 2 aromatic rings. The number of nitrogens with one attached hydrogen (secondary N) is 1. The maximum Gasteiger partial charge on any atom is 0.573 e. The van der Waals surface area contributed by atoms with Crippen LogP contribution in [0.15, 0.2) is 36.4 Å². The van der Waals surface area contributed by atoms with Crippen molar-refractivity contribution < 1.29 is 27.9 Å². The summed E-state index contributed by atoms with van der Waals surface area (Å²) in [6.07, 6.45) is -4.81. The summed E-state index contributed by atoms with van der Waals surface area (Å²) in [5.41, 5.74) is 0.877. The van der Waals surface area contributed by atoms with Crippen LogP contribution in [0.2, 0.25) is 0 Å². The number of nitro benzene ring substituents is 1. The first kappa shape index (κ1) is 26.8. The van der Waals surface area contributed by atoms with Gasteiger partial charge in [-0.25, -0.2) is 0 Å². The van der Waals surface area contributed by atoms with Gasteiger partial charge < -0.3 is 15.2 Å². The first-order valence-corrected chi connectivity index (χ1v) is 8.94. The summed E-state index contributed by atoms with van der Waals surface area (Å²) < 4.78 is 41.3. The van der Waals surface area contributed by atoms with Crippen molar-refractivity contribution in [1.82, 2.24) is 10.2 Å². The van der Waals surface area contributed by atoms with Crippen LogP contribution in [0.3, 0.4) is 0 Å². The first-order chi connectivity index (χ1) is 13.7. The minimum absolute atomic E-state index is 0. The van der Waals surface area contributed by atoms with Gasteiger partial charge in [-0.3, -0.25) is 15.0 Å². The summed E-state index contributed by atoms with van der Waals surface area (Å²) in [7, 11) is 0. The van der Waals surface area contributed by atoms with E-state index in [9.17, 15) is 28.4 Å². The number of ether oxygens (including phenoxy) is 1. The molecule has 1 fully saturated rings. The van der Waals surface area contributed by atoms with E-state index in [2.05, 4.69) is 10.1 Å². The molecule has 12 heteroatoms. The minimum atomic E-state index is -4.81. The van der Waals surface area contributed by atoms with Gasteiger partial charge in [0.1, 0.15) is 11.5 Å². The number of rotatable bonds is 5. The Balaban J connectivity index is 0.00000240. The number of halogens is 5. The van der Waals surface area contributed by atoms with Gasteiger partial charge in [-0.05, 0) is 36.2 Å². The van der Waals surface area contributed by atoms with E-state index in [-0.39, 0.29) is 47.6 Å². The first-order valence-electron chi connectivity index (χ1n) is 8.94. The third kappa shape index (κ3) is 6.36. The van der Waals surface area contributed by atoms with Crippen LogP contribution in [-0.4, -0.2) is 47.5 Å². The molecule has 1 atom stereocenters. The van der Waals surface area contributed by atoms with Crippen LogP contribution in [0.5, 0.6) is 11.5 Å². The lowest BCUT2D eigenvalue weighted by Crippen LogP contribution is -2.45. The van der Waals surface area contributed by atoms with Crippen molar-refractivity contribution in [3.05, 3.63) is 63.2 Å². The molecule has 1 aliphatic rings. The highest BCUT2D eigenvalue weighted by Gasteiger charge is 2.34. The predicted molar refractivity (Wildman–Crippen MR) is 113 cm³/mol. The largest absolute Gasteiger partial charge is 0.573 e.